The van der Waals surface area contributed by atoms with Crippen LogP contribution in [0.25, 0.3) is 0 Å². The molecule has 0 saturated carbocycles. The maximum atomic E-state index is 11.5. The number of alkyl halides is 3. The van der Waals surface area contributed by atoms with Crippen LogP contribution in [0.5, 0.6) is 5.75 Å². The molecule has 0 radical (unpaired) electrons. The Balaban J connectivity index is 2.35. The lowest BCUT2D eigenvalue weighted by Gasteiger charge is -2.05. The first-order chi connectivity index (χ1) is 5.08. The van der Waals surface area contributed by atoms with Crippen molar-refractivity contribution in [1.29, 1.82) is 0 Å². The Morgan fingerprint density at radius 3 is 2.73 bits per heavy atom. The molecule has 62 valence electrons. The van der Waals surface area contributed by atoms with Crippen molar-refractivity contribution in [3.8, 4) is 5.75 Å². The van der Waals surface area contributed by atoms with E-state index in [0.29, 0.717) is 0 Å². The van der Waals surface area contributed by atoms with Gasteiger partial charge in [0.2, 0.25) is 0 Å². The molecule has 1 aromatic heterocycles. The molecule has 1 aromatic rings. The third-order valence-electron chi connectivity index (χ3n) is 0.876. The molecule has 1 N–H and O–H groups in total. The second kappa shape index (κ2) is 2.81. The normalized spacial score (nSPS) is 11.5. The van der Waals surface area contributed by atoms with Crippen LogP contribution in [-0.4, -0.2) is 23.0 Å². The van der Waals surface area contributed by atoms with Gasteiger partial charge in [0.1, 0.15) is 0 Å². The number of nitrogens with one attached hydrogen (secondary N) is 1. The number of rotatable bonds is 2. The number of aromatic nitrogens is 2. The van der Waals surface area contributed by atoms with Crippen molar-refractivity contribution in [2.75, 3.05) is 6.61 Å². The predicted octanol–water partition coefficient (Wildman–Crippen LogP) is 1.35. The third-order valence-corrected chi connectivity index (χ3v) is 0.876. The molecule has 0 aliphatic carbocycles. The lowest BCUT2D eigenvalue weighted by atomic mass is 10.6. The molecule has 0 bridgehead atoms. The lowest BCUT2D eigenvalue weighted by Crippen LogP contribution is -2.18. The number of hydrogen-bond donors (Lipinski definition) is 1. The van der Waals surface area contributed by atoms with Crippen LogP contribution in [0.1, 0.15) is 0 Å². The fourth-order valence-electron chi connectivity index (χ4n) is 0.483. The highest BCUT2D eigenvalue weighted by molar-refractivity contribution is 5.09. The molecule has 6 heteroatoms. The molecule has 0 atom stereocenters. The van der Waals surface area contributed by atoms with Gasteiger partial charge in [0, 0.05) is 0 Å². The number of halogens is 3. The Labute approximate surface area is 60.2 Å². The van der Waals surface area contributed by atoms with Crippen LogP contribution < -0.4 is 4.74 Å². The first-order valence-electron chi connectivity index (χ1n) is 2.76. The van der Waals surface area contributed by atoms with E-state index in [1.54, 1.807) is 0 Å². The van der Waals surface area contributed by atoms with Gasteiger partial charge < -0.3 is 4.74 Å². The zero-order chi connectivity index (χ0) is 8.32. The molecule has 0 spiro atoms. The van der Waals surface area contributed by atoms with Crippen LogP contribution in [-0.2, 0) is 0 Å². The average Bonchev–Trinajstić information content (AvgIpc) is 2.32. The standard InChI is InChI=1S/C5H5F3N2O/c6-5(7,8)3-11-4-1-9-10-2-4/h1-2H,3H2,(H,9,10). The van der Waals surface area contributed by atoms with Crippen molar-refractivity contribution in [2.45, 2.75) is 6.18 Å². The van der Waals surface area contributed by atoms with Crippen molar-refractivity contribution in [3.63, 3.8) is 0 Å². The number of hydrogen-bond acceptors (Lipinski definition) is 2. The van der Waals surface area contributed by atoms with Crippen molar-refractivity contribution in [1.82, 2.24) is 10.2 Å². The quantitative estimate of drug-likeness (QED) is 0.720. The summed E-state index contributed by atoms with van der Waals surface area (Å²) in [6.07, 6.45) is -1.88. The van der Waals surface area contributed by atoms with E-state index in [4.69, 9.17) is 0 Å². The van der Waals surface area contributed by atoms with Crippen LogP contribution in [0.2, 0.25) is 0 Å². The molecular weight excluding hydrogens is 161 g/mol. The van der Waals surface area contributed by atoms with Gasteiger partial charge in [-0.1, -0.05) is 0 Å². The van der Waals surface area contributed by atoms with Crippen molar-refractivity contribution in [3.05, 3.63) is 12.4 Å². The van der Waals surface area contributed by atoms with Gasteiger partial charge in [0.25, 0.3) is 0 Å². The zero-order valence-corrected chi connectivity index (χ0v) is 5.35. The highest BCUT2D eigenvalue weighted by atomic mass is 19.4. The summed E-state index contributed by atoms with van der Waals surface area (Å²) in [5.41, 5.74) is 0. The van der Waals surface area contributed by atoms with E-state index in [1.165, 1.54) is 12.4 Å². The van der Waals surface area contributed by atoms with E-state index >= 15 is 0 Å². The van der Waals surface area contributed by atoms with Gasteiger partial charge in [-0.2, -0.15) is 18.3 Å². The first-order valence-corrected chi connectivity index (χ1v) is 2.76. The Kier molecular flexibility index (Phi) is 2.02. The van der Waals surface area contributed by atoms with E-state index in [1.807, 2.05) is 0 Å². The minimum absolute atomic E-state index is 0.0855. The van der Waals surface area contributed by atoms with Gasteiger partial charge in [0.15, 0.2) is 12.4 Å². The highest BCUT2D eigenvalue weighted by Gasteiger charge is 2.28. The largest absolute Gasteiger partial charge is 0.481 e. The van der Waals surface area contributed by atoms with Crippen molar-refractivity contribution < 1.29 is 17.9 Å². The fourth-order valence-corrected chi connectivity index (χ4v) is 0.483. The van der Waals surface area contributed by atoms with Gasteiger partial charge >= 0.3 is 6.18 Å². The topological polar surface area (TPSA) is 37.9 Å². The molecule has 11 heavy (non-hydrogen) atoms. The number of ether oxygens (including phenoxy) is 1. The molecule has 0 saturated heterocycles. The SMILES string of the molecule is FC(F)(F)COc1cn[nH]c1. The maximum absolute atomic E-state index is 11.5. The number of H-pyrrole nitrogens is 1. The second-order valence-electron chi connectivity index (χ2n) is 1.84. The second-order valence-corrected chi connectivity index (χ2v) is 1.84. The molecule has 0 aromatic carbocycles. The smallest absolute Gasteiger partial charge is 0.422 e. The molecule has 0 unspecified atom stereocenters. The summed E-state index contributed by atoms with van der Waals surface area (Å²) < 4.78 is 38.8. The molecule has 1 heterocycles. The highest BCUT2D eigenvalue weighted by Crippen LogP contribution is 2.16. The summed E-state index contributed by atoms with van der Waals surface area (Å²) in [6, 6.07) is 0. The monoisotopic (exact) mass is 166 g/mol. The molecule has 3 nitrogen and oxygen atoms in total. The third kappa shape index (κ3) is 2.92. The molecule has 0 aliphatic rings. The van der Waals surface area contributed by atoms with Crippen LogP contribution in [0, 0.1) is 0 Å². The molecular formula is C5H5F3N2O. The summed E-state index contributed by atoms with van der Waals surface area (Å²) >= 11 is 0. The van der Waals surface area contributed by atoms with Gasteiger partial charge in [0.05, 0.1) is 12.4 Å². The van der Waals surface area contributed by atoms with E-state index in [-0.39, 0.29) is 5.75 Å². The summed E-state index contributed by atoms with van der Waals surface area (Å²) in [7, 11) is 0. The Morgan fingerprint density at radius 2 is 2.27 bits per heavy atom. The van der Waals surface area contributed by atoms with Crippen molar-refractivity contribution in [2.24, 2.45) is 0 Å². The minimum Gasteiger partial charge on any atom is -0.481 e. The van der Waals surface area contributed by atoms with E-state index < -0.39 is 12.8 Å². The zero-order valence-electron chi connectivity index (χ0n) is 5.35. The summed E-state index contributed by atoms with van der Waals surface area (Å²) in [5.74, 6) is 0.0855. The van der Waals surface area contributed by atoms with Crippen LogP contribution in [0.4, 0.5) is 13.2 Å². The fraction of sp³-hybridized carbons (Fsp3) is 0.400. The van der Waals surface area contributed by atoms with E-state index in [0.717, 1.165) is 0 Å². The predicted molar refractivity (Wildman–Crippen MR) is 30.1 cm³/mol. The lowest BCUT2D eigenvalue weighted by molar-refractivity contribution is -0.153. The van der Waals surface area contributed by atoms with Gasteiger partial charge in [-0.15, -0.1) is 0 Å². The van der Waals surface area contributed by atoms with Gasteiger partial charge in [-0.3, -0.25) is 5.10 Å². The molecule has 0 amide bonds. The summed E-state index contributed by atoms with van der Waals surface area (Å²) in [4.78, 5) is 0. The Morgan fingerprint density at radius 1 is 1.55 bits per heavy atom. The summed E-state index contributed by atoms with van der Waals surface area (Å²) in [6.45, 7) is -1.29. The van der Waals surface area contributed by atoms with E-state index in [2.05, 4.69) is 14.9 Å². The Bertz CT molecular complexity index is 206. The van der Waals surface area contributed by atoms with Gasteiger partial charge in [-0.25, -0.2) is 0 Å². The average molecular weight is 166 g/mol. The number of aromatic amines is 1. The first kappa shape index (κ1) is 7.90. The van der Waals surface area contributed by atoms with Crippen LogP contribution >= 0.6 is 0 Å². The summed E-state index contributed by atoms with van der Waals surface area (Å²) in [5, 5.41) is 5.73. The maximum Gasteiger partial charge on any atom is 0.422 e. The minimum atomic E-state index is -4.29. The molecule has 1 rings (SSSR count). The van der Waals surface area contributed by atoms with Gasteiger partial charge in [-0.05, 0) is 0 Å². The molecule has 0 fully saturated rings. The van der Waals surface area contributed by atoms with Crippen molar-refractivity contribution >= 4 is 0 Å². The van der Waals surface area contributed by atoms with Crippen LogP contribution in [0.3, 0.4) is 0 Å². The number of nitrogens with zero attached hydrogens (tertiary/aromatic N) is 1. The molecule has 0 aliphatic heterocycles. The van der Waals surface area contributed by atoms with E-state index in [9.17, 15) is 13.2 Å². The van der Waals surface area contributed by atoms with Crippen LogP contribution in [0.15, 0.2) is 12.4 Å². The Hall–Kier alpha value is -1.20.